The minimum atomic E-state index is -3.60. The number of sulfonamides is 1. The molecule has 0 saturated carbocycles. The van der Waals surface area contributed by atoms with Crippen molar-refractivity contribution in [3.05, 3.63) is 29.8 Å². The molecule has 0 radical (unpaired) electrons. The number of nitrogens with one attached hydrogen (secondary N) is 1. The molecule has 0 fully saturated rings. The Bertz CT molecular complexity index is 587. The zero-order chi connectivity index (χ0) is 15.0. The third kappa shape index (κ3) is 5.31. The highest BCUT2D eigenvalue weighted by molar-refractivity contribution is 7.89. The second-order valence-corrected chi connectivity index (χ2v) is 5.88. The van der Waals surface area contributed by atoms with Gasteiger partial charge in [0.2, 0.25) is 10.0 Å². The minimum Gasteiger partial charge on any atom is -0.384 e. The summed E-state index contributed by atoms with van der Waals surface area (Å²) in [5.41, 5.74) is 0.541. The van der Waals surface area contributed by atoms with Crippen LogP contribution in [0.2, 0.25) is 0 Å². The molecule has 110 valence electrons. The van der Waals surface area contributed by atoms with E-state index in [1.807, 2.05) is 6.92 Å². The lowest BCUT2D eigenvalue weighted by Gasteiger charge is -2.14. The van der Waals surface area contributed by atoms with Crippen LogP contribution in [0.4, 0.5) is 0 Å². The lowest BCUT2D eigenvalue weighted by molar-refractivity contribution is 0.133. The molecule has 0 aliphatic rings. The zero-order valence-corrected chi connectivity index (χ0v) is 12.4. The van der Waals surface area contributed by atoms with Crippen LogP contribution < -0.4 is 4.72 Å². The predicted octanol–water partition coefficient (Wildman–Crippen LogP) is 0.734. The van der Waals surface area contributed by atoms with E-state index in [0.29, 0.717) is 18.8 Å². The Morgan fingerprint density at radius 1 is 1.45 bits per heavy atom. The van der Waals surface area contributed by atoms with Crippen LogP contribution in [-0.4, -0.2) is 39.4 Å². The maximum atomic E-state index is 12.2. The van der Waals surface area contributed by atoms with Crippen molar-refractivity contribution in [2.45, 2.75) is 24.8 Å². The van der Waals surface area contributed by atoms with Crippen molar-refractivity contribution in [2.75, 3.05) is 19.8 Å². The number of benzene rings is 1. The first kappa shape index (κ1) is 16.7. The first-order valence-corrected chi connectivity index (χ1v) is 7.77. The molecule has 6 heteroatoms. The number of ether oxygens (including phenoxy) is 1. The van der Waals surface area contributed by atoms with Gasteiger partial charge in [0, 0.05) is 18.2 Å². The number of aliphatic hydroxyl groups excluding tert-OH is 1. The van der Waals surface area contributed by atoms with E-state index in [0.717, 1.165) is 0 Å². The molecule has 5 nitrogen and oxygen atoms in total. The lowest BCUT2D eigenvalue weighted by Crippen LogP contribution is -2.35. The average molecular weight is 297 g/mol. The molecule has 0 amide bonds. The van der Waals surface area contributed by atoms with Crippen molar-refractivity contribution < 1.29 is 18.3 Å². The van der Waals surface area contributed by atoms with Crippen molar-refractivity contribution in [2.24, 2.45) is 0 Å². The van der Waals surface area contributed by atoms with E-state index in [1.165, 1.54) is 12.1 Å². The lowest BCUT2D eigenvalue weighted by atomic mass is 10.2. The van der Waals surface area contributed by atoms with Gasteiger partial charge in [0.1, 0.15) is 6.61 Å². The molecule has 20 heavy (non-hydrogen) atoms. The van der Waals surface area contributed by atoms with Crippen LogP contribution in [0.5, 0.6) is 0 Å². The molecule has 0 aliphatic carbocycles. The highest BCUT2D eigenvalue weighted by atomic mass is 32.2. The Balaban J connectivity index is 2.87. The summed E-state index contributed by atoms with van der Waals surface area (Å²) < 4.78 is 32.1. The Morgan fingerprint density at radius 2 is 2.20 bits per heavy atom. The quantitative estimate of drug-likeness (QED) is 0.759. The third-order valence-corrected chi connectivity index (χ3v) is 3.97. The van der Waals surface area contributed by atoms with E-state index < -0.39 is 10.0 Å². The van der Waals surface area contributed by atoms with E-state index in [2.05, 4.69) is 16.6 Å². The van der Waals surface area contributed by atoms with Crippen LogP contribution in [0.15, 0.2) is 29.2 Å². The van der Waals surface area contributed by atoms with Gasteiger partial charge in [-0.15, -0.1) is 0 Å². The molecule has 1 aromatic carbocycles. The van der Waals surface area contributed by atoms with Crippen molar-refractivity contribution in [1.29, 1.82) is 0 Å². The van der Waals surface area contributed by atoms with Crippen LogP contribution in [0.1, 0.15) is 19.4 Å². The Hall–Kier alpha value is -1.39. The van der Waals surface area contributed by atoms with Crippen molar-refractivity contribution in [1.82, 2.24) is 4.72 Å². The summed E-state index contributed by atoms with van der Waals surface area (Å²) in [5.74, 6) is 5.16. The SMILES string of the molecule is CCOCC(C)NS(=O)(=O)c1cccc(C#CCO)c1. The molecular weight excluding hydrogens is 278 g/mol. The third-order valence-electron chi connectivity index (χ3n) is 2.38. The van der Waals surface area contributed by atoms with Crippen LogP contribution in [0.25, 0.3) is 0 Å². The standard InChI is InChI=1S/C14H19NO4S/c1-3-19-11-12(2)15-20(17,18)14-8-4-6-13(10-14)7-5-9-16/h4,6,8,10,12,15-16H,3,9,11H2,1-2H3. The smallest absolute Gasteiger partial charge is 0.240 e. The van der Waals surface area contributed by atoms with Gasteiger partial charge in [0.15, 0.2) is 0 Å². The summed E-state index contributed by atoms with van der Waals surface area (Å²) in [4.78, 5) is 0.144. The average Bonchev–Trinajstić information content (AvgIpc) is 2.42. The second kappa shape index (κ2) is 8.02. The maximum absolute atomic E-state index is 12.2. The summed E-state index contributed by atoms with van der Waals surface area (Å²) in [5, 5.41) is 8.64. The second-order valence-electron chi connectivity index (χ2n) is 4.17. The van der Waals surface area contributed by atoms with Crippen LogP contribution in [0.3, 0.4) is 0 Å². The van der Waals surface area contributed by atoms with Gasteiger partial charge in [-0.2, -0.15) is 0 Å². The summed E-state index contributed by atoms with van der Waals surface area (Å²) in [6.07, 6.45) is 0. The molecule has 0 spiro atoms. The largest absolute Gasteiger partial charge is 0.384 e. The van der Waals surface area contributed by atoms with Gasteiger partial charge in [-0.25, -0.2) is 13.1 Å². The van der Waals surface area contributed by atoms with E-state index in [9.17, 15) is 8.42 Å². The number of aliphatic hydroxyl groups is 1. The molecule has 0 saturated heterocycles. The van der Waals surface area contributed by atoms with Gasteiger partial charge >= 0.3 is 0 Å². The van der Waals surface area contributed by atoms with E-state index in [-0.39, 0.29) is 17.5 Å². The number of hydrogen-bond donors (Lipinski definition) is 2. The van der Waals surface area contributed by atoms with E-state index in [1.54, 1.807) is 19.1 Å². The number of rotatable bonds is 6. The van der Waals surface area contributed by atoms with Gasteiger partial charge in [0.05, 0.1) is 11.5 Å². The summed E-state index contributed by atoms with van der Waals surface area (Å²) in [7, 11) is -3.60. The topological polar surface area (TPSA) is 75.6 Å². The molecule has 1 atom stereocenters. The van der Waals surface area contributed by atoms with Gasteiger partial charge in [-0.3, -0.25) is 0 Å². The first-order valence-electron chi connectivity index (χ1n) is 6.29. The van der Waals surface area contributed by atoms with Gasteiger partial charge in [0.25, 0.3) is 0 Å². The molecule has 0 aromatic heterocycles. The van der Waals surface area contributed by atoms with Gasteiger partial charge in [-0.1, -0.05) is 17.9 Å². The number of hydrogen-bond acceptors (Lipinski definition) is 4. The Labute approximate surface area is 120 Å². The van der Waals surface area contributed by atoms with Crippen LogP contribution in [-0.2, 0) is 14.8 Å². The molecule has 0 heterocycles. The minimum absolute atomic E-state index is 0.144. The molecule has 2 N–H and O–H groups in total. The monoisotopic (exact) mass is 297 g/mol. The molecule has 0 bridgehead atoms. The molecule has 0 aliphatic heterocycles. The highest BCUT2D eigenvalue weighted by Gasteiger charge is 2.17. The van der Waals surface area contributed by atoms with Crippen molar-refractivity contribution >= 4 is 10.0 Å². The zero-order valence-electron chi connectivity index (χ0n) is 11.6. The van der Waals surface area contributed by atoms with Gasteiger partial charge in [-0.05, 0) is 32.0 Å². The normalized spacial score (nSPS) is 12.6. The summed E-state index contributed by atoms with van der Waals surface area (Å²) in [6.45, 7) is 4.19. The molecular formula is C14H19NO4S. The Morgan fingerprint density at radius 3 is 2.85 bits per heavy atom. The molecule has 1 unspecified atom stereocenters. The molecule has 1 aromatic rings. The molecule has 1 rings (SSSR count). The fraction of sp³-hybridized carbons (Fsp3) is 0.429. The fourth-order valence-corrected chi connectivity index (χ4v) is 2.82. The maximum Gasteiger partial charge on any atom is 0.240 e. The van der Waals surface area contributed by atoms with Gasteiger partial charge < -0.3 is 9.84 Å². The Kier molecular flexibility index (Phi) is 6.68. The van der Waals surface area contributed by atoms with Crippen molar-refractivity contribution in [3.8, 4) is 11.8 Å². The van der Waals surface area contributed by atoms with Crippen LogP contribution >= 0.6 is 0 Å². The fourth-order valence-electron chi connectivity index (χ4n) is 1.54. The summed E-state index contributed by atoms with van der Waals surface area (Å²) in [6, 6.07) is 5.96. The highest BCUT2D eigenvalue weighted by Crippen LogP contribution is 2.11. The summed E-state index contributed by atoms with van der Waals surface area (Å²) >= 11 is 0. The van der Waals surface area contributed by atoms with E-state index >= 15 is 0 Å². The predicted molar refractivity (Wildman–Crippen MR) is 76.7 cm³/mol. The van der Waals surface area contributed by atoms with E-state index in [4.69, 9.17) is 9.84 Å². The van der Waals surface area contributed by atoms with Crippen molar-refractivity contribution in [3.63, 3.8) is 0 Å². The van der Waals surface area contributed by atoms with Crippen LogP contribution in [0, 0.1) is 11.8 Å². The first-order chi connectivity index (χ1) is 9.49.